The number of piperidine rings is 1. The second-order valence-electron chi connectivity index (χ2n) is 6.33. The third-order valence-corrected chi connectivity index (χ3v) is 4.54. The molecule has 132 valence electrons. The van der Waals surface area contributed by atoms with Gasteiger partial charge in [-0.05, 0) is 24.3 Å². The first kappa shape index (κ1) is 16.3. The number of hydrogen-bond acceptors (Lipinski definition) is 4. The Bertz CT molecular complexity index is 895. The number of benzene rings is 2. The lowest BCUT2D eigenvalue weighted by atomic mass is 10.1. The SMILES string of the molecule is O=C(Nc1cccc2ccccc12)N1CCCC(Oc2ccncn2)C1. The third kappa shape index (κ3) is 3.59. The lowest BCUT2D eigenvalue weighted by Gasteiger charge is -2.32. The second-order valence-corrected chi connectivity index (χ2v) is 6.33. The number of carbonyl (C=O) groups is 1. The number of hydrogen-bond donors (Lipinski definition) is 1. The van der Waals surface area contributed by atoms with E-state index < -0.39 is 0 Å². The van der Waals surface area contributed by atoms with Crippen LogP contribution in [-0.2, 0) is 0 Å². The minimum atomic E-state index is -0.0997. The molecule has 0 bridgehead atoms. The molecule has 0 saturated carbocycles. The van der Waals surface area contributed by atoms with Crippen LogP contribution in [0.25, 0.3) is 10.8 Å². The molecule has 1 aliphatic heterocycles. The molecule has 1 atom stereocenters. The highest BCUT2D eigenvalue weighted by atomic mass is 16.5. The maximum absolute atomic E-state index is 12.7. The summed E-state index contributed by atoms with van der Waals surface area (Å²) in [6, 6.07) is 15.6. The van der Waals surface area contributed by atoms with Crippen molar-refractivity contribution in [3.05, 3.63) is 61.1 Å². The van der Waals surface area contributed by atoms with Gasteiger partial charge in [0.2, 0.25) is 5.88 Å². The van der Waals surface area contributed by atoms with Crippen LogP contribution in [0.3, 0.4) is 0 Å². The Hall–Kier alpha value is -3.15. The van der Waals surface area contributed by atoms with E-state index in [2.05, 4.69) is 15.3 Å². The molecule has 6 nitrogen and oxygen atoms in total. The Morgan fingerprint density at radius 3 is 2.92 bits per heavy atom. The van der Waals surface area contributed by atoms with Gasteiger partial charge in [0, 0.05) is 24.2 Å². The quantitative estimate of drug-likeness (QED) is 0.783. The minimum Gasteiger partial charge on any atom is -0.472 e. The second kappa shape index (κ2) is 7.39. The molecule has 6 heteroatoms. The first-order valence-corrected chi connectivity index (χ1v) is 8.76. The fourth-order valence-corrected chi connectivity index (χ4v) is 3.27. The van der Waals surface area contributed by atoms with E-state index in [4.69, 9.17) is 4.74 Å². The van der Waals surface area contributed by atoms with E-state index in [1.165, 1.54) is 6.33 Å². The summed E-state index contributed by atoms with van der Waals surface area (Å²) >= 11 is 0. The van der Waals surface area contributed by atoms with Crippen molar-refractivity contribution in [2.45, 2.75) is 18.9 Å². The van der Waals surface area contributed by atoms with E-state index in [9.17, 15) is 4.79 Å². The Balaban J connectivity index is 1.44. The highest BCUT2D eigenvalue weighted by Gasteiger charge is 2.25. The minimum absolute atomic E-state index is 0.0584. The predicted octanol–water partition coefficient (Wildman–Crippen LogP) is 3.71. The molecule has 26 heavy (non-hydrogen) atoms. The molecule has 1 aromatic heterocycles. The van der Waals surface area contributed by atoms with Crippen molar-refractivity contribution in [1.29, 1.82) is 0 Å². The number of nitrogens with one attached hydrogen (secondary N) is 1. The molecule has 2 heterocycles. The summed E-state index contributed by atoms with van der Waals surface area (Å²) in [5, 5.41) is 5.19. The summed E-state index contributed by atoms with van der Waals surface area (Å²) in [7, 11) is 0. The van der Waals surface area contributed by atoms with Crippen molar-refractivity contribution in [3.8, 4) is 5.88 Å². The summed E-state index contributed by atoms with van der Waals surface area (Å²) in [6.45, 7) is 1.26. The van der Waals surface area contributed by atoms with Crippen molar-refractivity contribution >= 4 is 22.5 Å². The summed E-state index contributed by atoms with van der Waals surface area (Å²) in [5.74, 6) is 0.543. The molecular formula is C20H20N4O2. The lowest BCUT2D eigenvalue weighted by molar-refractivity contribution is 0.102. The Labute approximate surface area is 151 Å². The van der Waals surface area contributed by atoms with Crippen molar-refractivity contribution in [2.24, 2.45) is 0 Å². The summed E-state index contributed by atoms with van der Waals surface area (Å²) in [5.41, 5.74) is 0.826. The van der Waals surface area contributed by atoms with E-state index in [0.29, 0.717) is 12.4 Å². The molecular weight excluding hydrogens is 328 g/mol. The molecule has 1 fully saturated rings. The molecule has 2 aromatic carbocycles. The maximum atomic E-state index is 12.7. The van der Waals surface area contributed by atoms with Crippen molar-refractivity contribution < 1.29 is 9.53 Å². The summed E-state index contributed by atoms with van der Waals surface area (Å²) in [4.78, 5) is 22.5. The number of carbonyl (C=O) groups excluding carboxylic acids is 1. The number of anilines is 1. The standard InChI is InChI=1S/C20H20N4O2/c25-20(23-18-9-3-6-15-5-1-2-8-17(15)18)24-12-4-7-16(13-24)26-19-10-11-21-14-22-19/h1-3,5-6,8-11,14,16H,4,7,12-13H2,(H,23,25). The van der Waals surface area contributed by atoms with Crippen molar-refractivity contribution in [3.63, 3.8) is 0 Å². The molecule has 0 radical (unpaired) electrons. The largest absolute Gasteiger partial charge is 0.472 e. The van der Waals surface area contributed by atoms with Crippen molar-refractivity contribution in [1.82, 2.24) is 14.9 Å². The van der Waals surface area contributed by atoms with Crippen LogP contribution in [0.4, 0.5) is 10.5 Å². The van der Waals surface area contributed by atoms with Gasteiger partial charge in [0.25, 0.3) is 0 Å². The van der Waals surface area contributed by atoms with Gasteiger partial charge in [0.1, 0.15) is 12.4 Å². The topological polar surface area (TPSA) is 67.4 Å². The first-order chi connectivity index (χ1) is 12.8. The Kier molecular flexibility index (Phi) is 4.64. The van der Waals surface area contributed by atoms with Crippen LogP contribution in [0.2, 0.25) is 0 Å². The molecule has 1 saturated heterocycles. The van der Waals surface area contributed by atoms with Crippen LogP contribution >= 0.6 is 0 Å². The van der Waals surface area contributed by atoms with Gasteiger partial charge in [-0.1, -0.05) is 36.4 Å². The molecule has 1 aliphatic rings. The zero-order valence-electron chi connectivity index (χ0n) is 14.3. The number of nitrogens with zero attached hydrogens (tertiary/aromatic N) is 3. The van der Waals surface area contributed by atoms with E-state index in [1.54, 1.807) is 17.2 Å². The molecule has 3 aromatic rings. The smallest absolute Gasteiger partial charge is 0.321 e. The fourth-order valence-electron chi connectivity index (χ4n) is 3.27. The number of fused-ring (bicyclic) bond motifs is 1. The Morgan fingerprint density at radius 2 is 2.04 bits per heavy atom. The average Bonchev–Trinajstić information content (AvgIpc) is 2.69. The van der Waals surface area contributed by atoms with Gasteiger partial charge in [-0.15, -0.1) is 0 Å². The van der Waals surface area contributed by atoms with Crippen LogP contribution in [0, 0.1) is 0 Å². The van der Waals surface area contributed by atoms with E-state index in [-0.39, 0.29) is 12.1 Å². The number of rotatable bonds is 3. The van der Waals surface area contributed by atoms with Crippen molar-refractivity contribution in [2.75, 3.05) is 18.4 Å². The Morgan fingerprint density at radius 1 is 1.15 bits per heavy atom. The highest BCUT2D eigenvalue weighted by Crippen LogP contribution is 2.24. The van der Waals surface area contributed by atoms with Gasteiger partial charge in [-0.25, -0.2) is 14.8 Å². The summed E-state index contributed by atoms with van der Waals surface area (Å²) in [6.07, 6.45) is 4.86. The molecule has 1 N–H and O–H groups in total. The normalized spacial score (nSPS) is 17.1. The molecule has 0 aliphatic carbocycles. The van der Waals surface area contributed by atoms with Gasteiger partial charge < -0.3 is 15.0 Å². The predicted molar refractivity (Wildman–Crippen MR) is 100 cm³/mol. The van der Waals surface area contributed by atoms with Crippen LogP contribution in [0.1, 0.15) is 12.8 Å². The monoisotopic (exact) mass is 348 g/mol. The number of urea groups is 1. The number of ether oxygens (including phenoxy) is 1. The van der Waals surface area contributed by atoms with Crippen LogP contribution in [-0.4, -0.2) is 40.1 Å². The van der Waals surface area contributed by atoms with E-state index >= 15 is 0 Å². The van der Waals surface area contributed by atoms with Crippen LogP contribution in [0.15, 0.2) is 61.1 Å². The highest BCUT2D eigenvalue weighted by molar-refractivity contribution is 6.01. The summed E-state index contributed by atoms with van der Waals surface area (Å²) < 4.78 is 5.88. The molecule has 0 spiro atoms. The number of aromatic nitrogens is 2. The first-order valence-electron chi connectivity index (χ1n) is 8.76. The fraction of sp³-hybridized carbons (Fsp3) is 0.250. The maximum Gasteiger partial charge on any atom is 0.321 e. The van der Waals surface area contributed by atoms with Crippen LogP contribution in [0.5, 0.6) is 5.88 Å². The van der Waals surface area contributed by atoms with Crippen LogP contribution < -0.4 is 10.1 Å². The zero-order chi connectivity index (χ0) is 17.8. The van der Waals surface area contributed by atoms with Gasteiger partial charge in [0.05, 0.1) is 12.2 Å². The molecule has 1 unspecified atom stereocenters. The average molecular weight is 348 g/mol. The van der Waals surface area contributed by atoms with E-state index in [0.717, 1.165) is 35.8 Å². The van der Waals surface area contributed by atoms with E-state index in [1.807, 2.05) is 42.5 Å². The molecule has 4 rings (SSSR count). The van der Waals surface area contributed by atoms with Gasteiger partial charge in [-0.2, -0.15) is 0 Å². The lowest BCUT2D eigenvalue weighted by Crippen LogP contribution is -2.46. The van der Waals surface area contributed by atoms with Gasteiger partial charge >= 0.3 is 6.03 Å². The zero-order valence-corrected chi connectivity index (χ0v) is 14.3. The number of amides is 2. The third-order valence-electron chi connectivity index (χ3n) is 4.54. The number of likely N-dealkylation sites (tertiary alicyclic amines) is 1. The van der Waals surface area contributed by atoms with Gasteiger partial charge in [0.15, 0.2) is 0 Å². The van der Waals surface area contributed by atoms with Gasteiger partial charge in [-0.3, -0.25) is 0 Å². The molecule has 2 amide bonds.